The van der Waals surface area contributed by atoms with Crippen LogP contribution in [0.2, 0.25) is 0 Å². The molecule has 12 rings (SSSR count). The van der Waals surface area contributed by atoms with Crippen molar-refractivity contribution in [1.82, 2.24) is 4.40 Å². The quantitative estimate of drug-likeness (QED) is 0.168. The van der Waals surface area contributed by atoms with Gasteiger partial charge in [0, 0.05) is 66.0 Å². The van der Waals surface area contributed by atoms with Gasteiger partial charge in [0.2, 0.25) is 0 Å². The van der Waals surface area contributed by atoms with Crippen molar-refractivity contribution in [2.45, 2.75) is 19.3 Å². The Hall–Kier alpha value is -6.88. The summed E-state index contributed by atoms with van der Waals surface area (Å²) in [6.45, 7) is 4.86. The highest BCUT2D eigenvalue weighted by atomic mass is 32.1. The largest absolute Gasteiger partial charge is 0.310 e. The summed E-state index contributed by atoms with van der Waals surface area (Å²) in [5, 5.41) is 6.44. The zero-order chi connectivity index (χ0) is 37.8. The number of nitrogens with zero attached hydrogens (tertiary/aromatic N) is 3. The van der Waals surface area contributed by atoms with Crippen molar-refractivity contribution in [3.8, 4) is 11.1 Å². The Balaban J connectivity index is 1.15. The third-order valence-corrected chi connectivity index (χ3v) is 13.4. The Morgan fingerprint density at radius 1 is 0.474 bits per heavy atom. The van der Waals surface area contributed by atoms with Crippen molar-refractivity contribution >= 4 is 92.8 Å². The lowest BCUT2D eigenvalue weighted by atomic mass is 9.84. The molecule has 3 nitrogen and oxygen atoms in total. The van der Waals surface area contributed by atoms with Crippen LogP contribution >= 0.6 is 11.3 Å². The highest BCUT2D eigenvalue weighted by molar-refractivity contribution is 7.26. The van der Waals surface area contributed by atoms with Crippen LogP contribution in [0.4, 0.5) is 34.1 Å². The lowest BCUT2D eigenvalue weighted by Crippen LogP contribution is -2.17. The van der Waals surface area contributed by atoms with E-state index in [0.717, 1.165) is 28.4 Å². The molecule has 0 N–H and O–H groups in total. The molecule has 4 heteroatoms. The maximum atomic E-state index is 2.66. The Bertz CT molecular complexity index is 3230. The van der Waals surface area contributed by atoms with Crippen LogP contribution in [-0.4, -0.2) is 4.40 Å². The third-order valence-electron chi connectivity index (χ3n) is 12.2. The van der Waals surface area contributed by atoms with Gasteiger partial charge in [-0.2, -0.15) is 0 Å². The molecule has 0 spiro atoms. The second-order valence-electron chi connectivity index (χ2n) is 15.8. The van der Waals surface area contributed by atoms with Crippen molar-refractivity contribution in [1.29, 1.82) is 0 Å². The van der Waals surface area contributed by atoms with Crippen LogP contribution in [0.15, 0.2) is 188 Å². The maximum absolute atomic E-state index is 2.66. The molecule has 0 radical (unpaired) electrons. The molecule has 0 aliphatic heterocycles. The predicted molar refractivity (Wildman–Crippen MR) is 243 cm³/mol. The van der Waals surface area contributed by atoms with Crippen molar-refractivity contribution in [2.75, 3.05) is 9.80 Å². The maximum Gasteiger partial charge on any atom is 0.0726 e. The van der Waals surface area contributed by atoms with E-state index in [2.05, 4.69) is 216 Å². The first kappa shape index (κ1) is 32.4. The van der Waals surface area contributed by atoms with Crippen LogP contribution in [0.5, 0.6) is 0 Å². The molecule has 3 aromatic heterocycles. The minimum Gasteiger partial charge on any atom is -0.310 e. The number of benzene rings is 8. The molecule has 1 aliphatic rings. The summed E-state index contributed by atoms with van der Waals surface area (Å²) in [5.41, 5.74) is 14.8. The fourth-order valence-corrected chi connectivity index (χ4v) is 11.0. The molecule has 0 saturated carbocycles. The van der Waals surface area contributed by atoms with Crippen LogP contribution in [0.1, 0.15) is 25.1 Å². The number of fused-ring (bicyclic) bond motifs is 11. The number of hydrogen-bond donors (Lipinski definition) is 0. The number of hydrogen-bond acceptors (Lipinski definition) is 3. The molecule has 3 heterocycles. The summed E-state index contributed by atoms with van der Waals surface area (Å²) in [5.74, 6) is 0. The first-order valence-electron chi connectivity index (χ1n) is 19.7. The molecule has 0 atom stereocenters. The summed E-state index contributed by atoms with van der Waals surface area (Å²) < 4.78 is 5.32. The Kier molecular flexibility index (Phi) is 6.85. The van der Waals surface area contributed by atoms with Gasteiger partial charge in [0.15, 0.2) is 0 Å². The van der Waals surface area contributed by atoms with Crippen molar-refractivity contribution in [3.63, 3.8) is 0 Å². The second kappa shape index (κ2) is 12.1. The minimum absolute atomic E-state index is 0.239. The minimum atomic E-state index is -0.239. The molecule has 8 aromatic carbocycles. The number of rotatable bonds is 6. The summed E-state index contributed by atoms with van der Waals surface area (Å²) in [7, 11) is 0. The van der Waals surface area contributed by atoms with E-state index in [9.17, 15) is 0 Å². The van der Waals surface area contributed by atoms with E-state index >= 15 is 0 Å². The number of anilines is 6. The summed E-state index contributed by atoms with van der Waals surface area (Å²) >= 11 is 1.92. The first-order chi connectivity index (χ1) is 28.1. The van der Waals surface area contributed by atoms with Gasteiger partial charge < -0.3 is 14.2 Å². The molecule has 0 fully saturated rings. The van der Waals surface area contributed by atoms with Crippen molar-refractivity contribution < 1.29 is 0 Å². The number of thiophene rings is 1. The number of para-hydroxylation sites is 4. The fourth-order valence-electron chi connectivity index (χ4n) is 9.75. The van der Waals surface area contributed by atoms with Gasteiger partial charge in [-0.3, -0.25) is 0 Å². The van der Waals surface area contributed by atoms with Gasteiger partial charge in [0.25, 0.3) is 0 Å². The van der Waals surface area contributed by atoms with Crippen LogP contribution in [-0.2, 0) is 5.41 Å². The van der Waals surface area contributed by atoms with Crippen LogP contribution in [0.3, 0.4) is 0 Å². The van der Waals surface area contributed by atoms with E-state index in [1.54, 1.807) is 0 Å². The standard InChI is InChI=1S/C53H37N3S/c1-53(2)44-33-34-27-28-40(54(36-17-7-3-8-18-36)37-19-9-4-10-20-37)31-35(34)32-43(44)47-42-29-30-45(55(38-21-11-5-12-22-38)39-23-13-6-14-24-39)48-49(42)56(52(47)53)50-41-25-15-16-26-46(41)57-51(48)50/h3-33H,1-2H3. The molecule has 11 aromatic rings. The zero-order valence-corrected chi connectivity index (χ0v) is 32.5. The first-order valence-corrected chi connectivity index (χ1v) is 20.5. The van der Waals surface area contributed by atoms with E-state index in [4.69, 9.17) is 0 Å². The highest BCUT2D eigenvalue weighted by Crippen LogP contribution is 2.59. The van der Waals surface area contributed by atoms with E-state index in [1.165, 1.54) is 75.4 Å². The SMILES string of the molecule is CC1(C)c2cc3ccc(N(c4ccccc4)c4ccccc4)cc3cc2-c2c1n1c3c4ccccc4sc3c3c(N(c4ccccc4)c4ccccc4)ccc2c31. The average Bonchev–Trinajstić information content (AvgIpc) is 3.96. The van der Waals surface area contributed by atoms with E-state index in [1.807, 2.05) is 11.3 Å². The molecule has 0 bridgehead atoms. The lowest BCUT2D eigenvalue weighted by molar-refractivity contribution is 0.634. The topological polar surface area (TPSA) is 10.9 Å². The zero-order valence-electron chi connectivity index (χ0n) is 31.6. The molecule has 1 aliphatic carbocycles. The summed E-state index contributed by atoms with van der Waals surface area (Å²) in [6, 6.07) is 68.6. The average molecular weight is 748 g/mol. The smallest absolute Gasteiger partial charge is 0.0726 e. The van der Waals surface area contributed by atoms with Gasteiger partial charge in [-0.25, -0.2) is 0 Å². The van der Waals surface area contributed by atoms with Crippen LogP contribution < -0.4 is 9.80 Å². The normalized spacial score (nSPS) is 13.2. The Morgan fingerprint density at radius 2 is 1.05 bits per heavy atom. The van der Waals surface area contributed by atoms with Gasteiger partial charge in [-0.1, -0.05) is 117 Å². The van der Waals surface area contributed by atoms with Crippen molar-refractivity contribution in [2.24, 2.45) is 0 Å². The van der Waals surface area contributed by atoms with E-state index in [0.29, 0.717) is 0 Å². The van der Waals surface area contributed by atoms with Gasteiger partial charge >= 0.3 is 0 Å². The number of aromatic nitrogens is 1. The Morgan fingerprint density at radius 3 is 1.68 bits per heavy atom. The second-order valence-corrected chi connectivity index (χ2v) is 16.8. The molecular formula is C53H37N3S. The van der Waals surface area contributed by atoms with Crippen LogP contribution in [0, 0.1) is 0 Å². The van der Waals surface area contributed by atoms with Crippen LogP contribution in [0.25, 0.3) is 58.5 Å². The third kappa shape index (κ3) is 4.59. The predicted octanol–water partition coefficient (Wildman–Crippen LogP) is 15.3. The summed E-state index contributed by atoms with van der Waals surface area (Å²) in [4.78, 5) is 4.80. The Labute approximate surface area is 335 Å². The van der Waals surface area contributed by atoms with Crippen molar-refractivity contribution in [3.05, 3.63) is 199 Å². The monoisotopic (exact) mass is 747 g/mol. The molecule has 0 saturated heterocycles. The molecule has 0 unspecified atom stereocenters. The lowest BCUT2D eigenvalue weighted by Gasteiger charge is -2.26. The fraction of sp³-hybridized carbons (Fsp3) is 0.0566. The molecular weight excluding hydrogens is 711 g/mol. The molecule has 270 valence electrons. The van der Waals surface area contributed by atoms with Gasteiger partial charge in [-0.15, -0.1) is 11.3 Å². The van der Waals surface area contributed by atoms with E-state index < -0.39 is 0 Å². The molecule has 57 heavy (non-hydrogen) atoms. The van der Waals surface area contributed by atoms with Gasteiger partial charge in [0.1, 0.15) is 0 Å². The van der Waals surface area contributed by atoms with Gasteiger partial charge in [0.05, 0.1) is 21.4 Å². The molecule has 0 amide bonds. The van der Waals surface area contributed by atoms with E-state index in [-0.39, 0.29) is 5.41 Å². The summed E-state index contributed by atoms with van der Waals surface area (Å²) in [6.07, 6.45) is 0. The van der Waals surface area contributed by atoms with Gasteiger partial charge in [-0.05, 0) is 107 Å². The highest BCUT2D eigenvalue weighted by Gasteiger charge is 2.42.